The predicted octanol–water partition coefficient (Wildman–Crippen LogP) is 1.91. The Labute approximate surface area is 131 Å². The summed E-state index contributed by atoms with van der Waals surface area (Å²) >= 11 is 0. The molecule has 118 valence electrons. The number of ether oxygens (including phenoxy) is 1. The van der Waals surface area contributed by atoms with Gasteiger partial charge in [0.25, 0.3) is 5.69 Å². The van der Waals surface area contributed by atoms with Gasteiger partial charge in [-0.25, -0.2) is 4.90 Å². The minimum absolute atomic E-state index is 0.0937. The molecular formula is C16H14N2O5. The molecule has 3 aliphatic rings. The normalized spacial score (nSPS) is 30.9. The molecule has 2 bridgehead atoms. The van der Waals surface area contributed by atoms with Crippen molar-refractivity contribution in [2.75, 3.05) is 12.0 Å². The molecule has 2 aliphatic carbocycles. The lowest BCUT2D eigenvalue weighted by Crippen LogP contribution is -2.33. The van der Waals surface area contributed by atoms with Crippen LogP contribution in [-0.2, 0) is 9.59 Å². The van der Waals surface area contributed by atoms with Crippen molar-refractivity contribution in [3.63, 3.8) is 0 Å². The number of nitrogens with zero attached hydrogens (tertiary/aromatic N) is 2. The summed E-state index contributed by atoms with van der Waals surface area (Å²) in [6.45, 7) is 0. The van der Waals surface area contributed by atoms with Gasteiger partial charge < -0.3 is 4.74 Å². The maximum absolute atomic E-state index is 12.8. The molecule has 0 N–H and O–H groups in total. The van der Waals surface area contributed by atoms with Gasteiger partial charge in [-0.2, -0.15) is 0 Å². The molecule has 7 heteroatoms. The van der Waals surface area contributed by atoms with Crippen molar-refractivity contribution in [3.8, 4) is 5.75 Å². The first-order chi connectivity index (χ1) is 11.0. The van der Waals surface area contributed by atoms with Crippen molar-refractivity contribution in [1.82, 2.24) is 0 Å². The summed E-state index contributed by atoms with van der Waals surface area (Å²) in [6, 6.07) is 3.93. The quantitative estimate of drug-likeness (QED) is 0.368. The van der Waals surface area contributed by atoms with Gasteiger partial charge in [-0.1, -0.05) is 12.2 Å². The number of amides is 2. The largest absolute Gasteiger partial charge is 0.495 e. The van der Waals surface area contributed by atoms with Crippen LogP contribution in [-0.4, -0.2) is 23.8 Å². The predicted molar refractivity (Wildman–Crippen MR) is 79.9 cm³/mol. The van der Waals surface area contributed by atoms with E-state index in [-0.39, 0.29) is 52.6 Å². The van der Waals surface area contributed by atoms with Gasteiger partial charge in [0.1, 0.15) is 11.4 Å². The first-order valence-corrected chi connectivity index (χ1v) is 7.41. The number of hydrogen-bond acceptors (Lipinski definition) is 5. The van der Waals surface area contributed by atoms with Gasteiger partial charge in [0, 0.05) is 12.1 Å². The Morgan fingerprint density at radius 3 is 2.30 bits per heavy atom. The zero-order valence-corrected chi connectivity index (χ0v) is 12.3. The number of anilines is 1. The number of carbonyl (C=O) groups excluding carboxylic acids is 2. The highest BCUT2D eigenvalue weighted by molar-refractivity contribution is 6.23. The molecule has 1 saturated carbocycles. The van der Waals surface area contributed by atoms with Crippen LogP contribution in [0.15, 0.2) is 30.4 Å². The van der Waals surface area contributed by atoms with Crippen LogP contribution in [0.25, 0.3) is 0 Å². The van der Waals surface area contributed by atoms with Crippen LogP contribution >= 0.6 is 0 Å². The third-order valence-corrected chi connectivity index (χ3v) is 5.08. The van der Waals surface area contributed by atoms with E-state index >= 15 is 0 Å². The van der Waals surface area contributed by atoms with Crippen LogP contribution in [0, 0.1) is 33.8 Å². The first kappa shape index (κ1) is 13.9. The second-order valence-electron chi connectivity index (χ2n) is 6.13. The van der Waals surface area contributed by atoms with Gasteiger partial charge in [-0.05, 0) is 24.3 Å². The van der Waals surface area contributed by atoms with E-state index in [0.717, 1.165) is 11.3 Å². The summed E-state index contributed by atoms with van der Waals surface area (Å²) in [7, 11) is 1.40. The molecule has 7 nitrogen and oxygen atoms in total. The Bertz CT molecular complexity index is 742. The number of benzene rings is 1. The molecular weight excluding hydrogens is 300 g/mol. The Morgan fingerprint density at radius 2 is 1.78 bits per heavy atom. The molecule has 0 aromatic heterocycles. The third-order valence-electron chi connectivity index (χ3n) is 5.08. The smallest absolute Gasteiger partial charge is 0.271 e. The second kappa shape index (κ2) is 4.65. The van der Waals surface area contributed by atoms with E-state index in [0.29, 0.717) is 0 Å². The van der Waals surface area contributed by atoms with E-state index < -0.39 is 4.92 Å². The van der Waals surface area contributed by atoms with Crippen LogP contribution in [0.3, 0.4) is 0 Å². The Kier molecular flexibility index (Phi) is 2.81. The number of hydrogen-bond donors (Lipinski definition) is 0. The van der Waals surface area contributed by atoms with E-state index in [9.17, 15) is 19.7 Å². The fourth-order valence-electron chi connectivity index (χ4n) is 4.11. The fraction of sp³-hybridized carbons (Fsp3) is 0.375. The molecule has 2 amide bonds. The number of rotatable bonds is 3. The van der Waals surface area contributed by atoms with Crippen molar-refractivity contribution in [1.29, 1.82) is 0 Å². The van der Waals surface area contributed by atoms with E-state index in [1.165, 1.54) is 25.3 Å². The average molecular weight is 314 g/mol. The number of nitro benzene ring substituents is 1. The summed E-state index contributed by atoms with van der Waals surface area (Å²) in [4.78, 5) is 37.1. The van der Waals surface area contributed by atoms with Crippen LogP contribution < -0.4 is 9.64 Å². The van der Waals surface area contributed by atoms with E-state index in [1.54, 1.807) is 0 Å². The lowest BCUT2D eigenvalue weighted by molar-refractivity contribution is -0.384. The maximum atomic E-state index is 12.8. The molecule has 23 heavy (non-hydrogen) atoms. The van der Waals surface area contributed by atoms with Crippen molar-refractivity contribution < 1.29 is 19.2 Å². The monoisotopic (exact) mass is 314 g/mol. The standard InChI is InChI=1S/C16H14N2O5/c1-23-12-5-4-10(18(21)22)7-11(12)17-15(19)13-8-2-3-9(6-8)14(13)16(17)20/h2-5,7-9,13-14H,6H2,1H3. The van der Waals surface area contributed by atoms with Crippen molar-refractivity contribution >= 4 is 23.2 Å². The molecule has 4 atom stereocenters. The summed E-state index contributed by atoms with van der Waals surface area (Å²) in [5.41, 5.74) is -0.0231. The summed E-state index contributed by atoms with van der Waals surface area (Å²) in [5.74, 6) is -0.793. The Morgan fingerprint density at radius 1 is 1.17 bits per heavy atom. The highest BCUT2D eigenvalue weighted by Crippen LogP contribution is 2.54. The molecule has 4 rings (SSSR count). The number of non-ortho nitro benzene ring substituents is 1. The number of methoxy groups -OCH3 is 1. The van der Waals surface area contributed by atoms with Gasteiger partial charge in [-0.3, -0.25) is 19.7 Å². The molecule has 2 fully saturated rings. The van der Waals surface area contributed by atoms with Gasteiger partial charge >= 0.3 is 0 Å². The highest BCUT2D eigenvalue weighted by Gasteiger charge is 2.60. The van der Waals surface area contributed by atoms with Crippen LogP contribution in [0.1, 0.15) is 6.42 Å². The Hall–Kier alpha value is -2.70. The minimum Gasteiger partial charge on any atom is -0.495 e. The van der Waals surface area contributed by atoms with E-state index in [2.05, 4.69) is 0 Å². The summed E-state index contributed by atoms with van der Waals surface area (Å²) in [6.07, 6.45) is 4.85. The fourth-order valence-corrected chi connectivity index (χ4v) is 4.11. The molecule has 1 aliphatic heterocycles. The molecule has 1 saturated heterocycles. The molecule has 0 radical (unpaired) electrons. The SMILES string of the molecule is COc1ccc([N+](=O)[O-])cc1N1C(=O)C2C3C=CC(C3)C2C1=O. The molecule has 4 unspecified atom stereocenters. The maximum Gasteiger partial charge on any atom is 0.271 e. The van der Waals surface area contributed by atoms with Crippen LogP contribution in [0.4, 0.5) is 11.4 Å². The van der Waals surface area contributed by atoms with Gasteiger partial charge in [0.2, 0.25) is 11.8 Å². The molecule has 1 heterocycles. The van der Waals surface area contributed by atoms with E-state index in [4.69, 9.17) is 4.74 Å². The van der Waals surface area contributed by atoms with Crippen molar-refractivity contribution in [3.05, 3.63) is 40.5 Å². The average Bonchev–Trinajstić information content (AvgIpc) is 3.21. The van der Waals surface area contributed by atoms with E-state index in [1.807, 2.05) is 12.2 Å². The lowest BCUT2D eigenvalue weighted by Gasteiger charge is -2.19. The summed E-state index contributed by atoms with van der Waals surface area (Å²) in [5, 5.41) is 11.0. The van der Waals surface area contributed by atoms with Crippen molar-refractivity contribution in [2.45, 2.75) is 6.42 Å². The zero-order valence-electron chi connectivity index (χ0n) is 12.3. The highest BCUT2D eigenvalue weighted by atomic mass is 16.6. The van der Waals surface area contributed by atoms with Gasteiger partial charge in [0.15, 0.2) is 0 Å². The number of nitro groups is 1. The van der Waals surface area contributed by atoms with Gasteiger partial charge in [0.05, 0.1) is 23.9 Å². The minimum atomic E-state index is -0.556. The summed E-state index contributed by atoms with van der Waals surface area (Å²) < 4.78 is 5.20. The first-order valence-electron chi connectivity index (χ1n) is 7.41. The van der Waals surface area contributed by atoms with Crippen LogP contribution in [0.5, 0.6) is 5.75 Å². The number of carbonyl (C=O) groups is 2. The number of fused-ring (bicyclic) bond motifs is 5. The number of imide groups is 1. The Balaban J connectivity index is 1.80. The lowest BCUT2D eigenvalue weighted by atomic mass is 9.85. The number of allylic oxidation sites excluding steroid dienone is 2. The zero-order chi connectivity index (χ0) is 16.3. The molecule has 1 aromatic rings. The van der Waals surface area contributed by atoms with Crippen LogP contribution in [0.2, 0.25) is 0 Å². The third kappa shape index (κ3) is 1.76. The van der Waals surface area contributed by atoms with Gasteiger partial charge in [-0.15, -0.1) is 0 Å². The molecule has 1 aromatic carbocycles. The molecule has 0 spiro atoms. The van der Waals surface area contributed by atoms with Crippen molar-refractivity contribution in [2.24, 2.45) is 23.7 Å². The topological polar surface area (TPSA) is 89.8 Å². The second-order valence-corrected chi connectivity index (χ2v) is 6.13.